The average molecular weight is 184 g/mol. The monoisotopic (exact) mass is 184 g/mol. The molecule has 0 aliphatic carbocycles. The first-order chi connectivity index (χ1) is 6.95. The molecule has 0 saturated carbocycles. The summed E-state index contributed by atoms with van der Waals surface area (Å²) in [5, 5.41) is 2.24. The molecule has 0 aromatic carbocycles. The molecule has 0 N–H and O–H groups in total. The van der Waals surface area contributed by atoms with Crippen LogP contribution in [-0.4, -0.2) is 9.97 Å². The van der Waals surface area contributed by atoms with Crippen molar-refractivity contribution in [3.63, 3.8) is 0 Å². The molecule has 3 nitrogen and oxygen atoms in total. The number of hydrogen-bond acceptors (Lipinski definition) is 3. The zero-order valence-corrected chi connectivity index (χ0v) is 7.47. The fourth-order valence-corrected chi connectivity index (χ4v) is 1.67. The first-order valence-electron chi connectivity index (χ1n) is 4.48. The zero-order chi connectivity index (χ0) is 9.38. The molecule has 0 amide bonds. The highest BCUT2D eigenvalue weighted by Gasteiger charge is 2.11. The maximum atomic E-state index is 5.31. The summed E-state index contributed by atoms with van der Waals surface area (Å²) in [6.45, 7) is 0. The van der Waals surface area contributed by atoms with E-state index in [4.69, 9.17) is 4.74 Å². The highest BCUT2D eigenvalue weighted by molar-refractivity contribution is 5.85. The van der Waals surface area contributed by atoms with Crippen LogP contribution >= 0.6 is 0 Å². The molecule has 0 unspecified atom stereocenters. The summed E-state index contributed by atoms with van der Waals surface area (Å²) < 4.78 is 5.31. The van der Waals surface area contributed by atoms with Crippen molar-refractivity contribution in [1.82, 2.24) is 9.97 Å². The lowest BCUT2D eigenvalue weighted by Crippen LogP contribution is -1.99. The van der Waals surface area contributed by atoms with Crippen molar-refractivity contribution in [3.05, 3.63) is 42.6 Å². The van der Waals surface area contributed by atoms with Gasteiger partial charge in [0.2, 0.25) is 5.88 Å². The van der Waals surface area contributed by atoms with Crippen LogP contribution in [0.3, 0.4) is 0 Å². The lowest BCUT2D eigenvalue weighted by molar-refractivity contribution is 0.446. The lowest BCUT2D eigenvalue weighted by Gasteiger charge is -2.12. The molecule has 2 aromatic heterocycles. The summed E-state index contributed by atoms with van der Waals surface area (Å²) in [5.41, 5.74) is 1.12. The third-order valence-corrected chi connectivity index (χ3v) is 2.36. The van der Waals surface area contributed by atoms with E-state index in [9.17, 15) is 0 Å². The molecule has 0 atom stereocenters. The van der Waals surface area contributed by atoms with E-state index in [0.29, 0.717) is 5.88 Å². The highest BCUT2D eigenvalue weighted by atomic mass is 16.5. The van der Waals surface area contributed by atoms with Crippen LogP contribution in [0.4, 0.5) is 0 Å². The quantitative estimate of drug-likeness (QED) is 0.628. The second-order valence-corrected chi connectivity index (χ2v) is 3.20. The maximum absolute atomic E-state index is 5.31. The van der Waals surface area contributed by atoms with E-state index in [1.807, 2.05) is 24.5 Å². The van der Waals surface area contributed by atoms with Crippen molar-refractivity contribution in [2.75, 3.05) is 0 Å². The van der Waals surface area contributed by atoms with Crippen molar-refractivity contribution in [3.8, 4) is 5.88 Å². The minimum atomic E-state index is 0.702. The van der Waals surface area contributed by atoms with E-state index in [1.54, 1.807) is 12.5 Å². The van der Waals surface area contributed by atoms with Gasteiger partial charge in [0.1, 0.15) is 0 Å². The summed E-state index contributed by atoms with van der Waals surface area (Å²) in [6.07, 6.45) is 9.97. The van der Waals surface area contributed by atoms with Crippen molar-refractivity contribution in [2.45, 2.75) is 6.42 Å². The highest BCUT2D eigenvalue weighted by Crippen LogP contribution is 2.27. The Kier molecular flexibility index (Phi) is 1.50. The van der Waals surface area contributed by atoms with Gasteiger partial charge >= 0.3 is 0 Å². The molecule has 0 fully saturated rings. The summed E-state index contributed by atoms with van der Waals surface area (Å²) in [5.74, 6) is 0.702. The number of pyridine rings is 2. The average Bonchev–Trinajstić information content (AvgIpc) is 2.29. The molecule has 68 valence electrons. The van der Waals surface area contributed by atoms with E-state index in [1.165, 1.54) is 0 Å². The summed E-state index contributed by atoms with van der Waals surface area (Å²) in [7, 11) is 0. The summed E-state index contributed by atoms with van der Waals surface area (Å²) in [4.78, 5) is 8.36. The van der Waals surface area contributed by atoms with Crippen LogP contribution in [0.5, 0.6) is 5.88 Å². The molecule has 0 bridgehead atoms. The fourth-order valence-electron chi connectivity index (χ4n) is 1.67. The Morgan fingerprint density at radius 3 is 3.29 bits per heavy atom. The van der Waals surface area contributed by atoms with Crippen LogP contribution < -0.4 is 4.74 Å². The SMILES string of the molecule is C1=COc2ncc3ccncc3c2C1. The second kappa shape index (κ2) is 2.80. The Balaban J connectivity index is 2.37. The predicted molar refractivity (Wildman–Crippen MR) is 53.0 cm³/mol. The number of hydrogen-bond donors (Lipinski definition) is 0. The fraction of sp³-hybridized carbons (Fsp3) is 0.0909. The van der Waals surface area contributed by atoms with Crippen LogP contribution in [0.15, 0.2) is 37.0 Å². The van der Waals surface area contributed by atoms with Crippen LogP contribution in [0, 0.1) is 0 Å². The van der Waals surface area contributed by atoms with Crippen LogP contribution in [0.2, 0.25) is 0 Å². The molecular weight excluding hydrogens is 176 g/mol. The van der Waals surface area contributed by atoms with Gasteiger partial charge in [-0.05, 0) is 18.6 Å². The number of allylic oxidation sites excluding steroid dienone is 1. The zero-order valence-electron chi connectivity index (χ0n) is 7.47. The van der Waals surface area contributed by atoms with Gasteiger partial charge in [0.25, 0.3) is 0 Å². The van der Waals surface area contributed by atoms with Crippen molar-refractivity contribution < 1.29 is 4.74 Å². The third-order valence-electron chi connectivity index (χ3n) is 2.36. The Morgan fingerprint density at radius 1 is 1.29 bits per heavy atom. The Bertz CT molecular complexity index is 520. The molecular formula is C11H8N2O. The van der Waals surface area contributed by atoms with Crippen LogP contribution in [0.25, 0.3) is 10.8 Å². The van der Waals surface area contributed by atoms with Crippen LogP contribution in [-0.2, 0) is 6.42 Å². The van der Waals surface area contributed by atoms with Gasteiger partial charge in [-0.2, -0.15) is 0 Å². The molecule has 0 saturated heterocycles. The normalized spacial score (nSPS) is 13.7. The van der Waals surface area contributed by atoms with E-state index in [0.717, 1.165) is 22.8 Å². The Morgan fingerprint density at radius 2 is 2.29 bits per heavy atom. The van der Waals surface area contributed by atoms with E-state index >= 15 is 0 Å². The standard InChI is InChI=1S/C11H8N2O/c1-2-9-10-7-12-4-3-8(10)6-13-11(9)14-5-1/h1,3-7H,2H2. The van der Waals surface area contributed by atoms with Gasteiger partial charge < -0.3 is 4.74 Å². The molecule has 1 aliphatic rings. The maximum Gasteiger partial charge on any atom is 0.222 e. The van der Waals surface area contributed by atoms with Gasteiger partial charge in [-0.1, -0.05) is 0 Å². The van der Waals surface area contributed by atoms with Gasteiger partial charge in [-0.25, -0.2) is 4.98 Å². The van der Waals surface area contributed by atoms with E-state index in [-0.39, 0.29) is 0 Å². The second-order valence-electron chi connectivity index (χ2n) is 3.20. The first-order valence-corrected chi connectivity index (χ1v) is 4.48. The first kappa shape index (κ1) is 7.50. The minimum Gasteiger partial charge on any atom is -0.447 e. The topological polar surface area (TPSA) is 35.0 Å². The molecule has 0 radical (unpaired) electrons. The van der Waals surface area contributed by atoms with Crippen molar-refractivity contribution in [2.24, 2.45) is 0 Å². The van der Waals surface area contributed by atoms with Gasteiger partial charge in [-0.15, -0.1) is 0 Å². The largest absolute Gasteiger partial charge is 0.447 e. The van der Waals surface area contributed by atoms with Gasteiger partial charge in [0.05, 0.1) is 6.26 Å². The van der Waals surface area contributed by atoms with Gasteiger partial charge in [-0.3, -0.25) is 4.98 Å². The molecule has 0 spiro atoms. The molecule has 3 heteroatoms. The molecule has 2 aromatic rings. The summed E-state index contributed by atoms with van der Waals surface area (Å²) >= 11 is 0. The van der Waals surface area contributed by atoms with Crippen LogP contribution in [0.1, 0.15) is 5.56 Å². The van der Waals surface area contributed by atoms with E-state index < -0.39 is 0 Å². The predicted octanol–water partition coefficient (Wildman–Crippen LogP) is 2.08. The number of ether oxygens (including phenoxy) is 1. The number of fused-ring (bicyclic) bond motifs is 3. The Labute approximate surface area is 81.1 Å². The smallest absolute Gasteiger partial charge is 0.222 e. The Hall–Kier alpha value is -1.90. The van der Waals surface area contributed by atoms with Crippen molar-refractivity contribution >= 4 is 10.8 Å². The van der Waals surface area contributed by atoms with Crippen molar-refractivity contribution in [1.29, 1.82) is 0 Å². The molecule has 14 heavy (non-hydrogen) atoms. The molecule has 3 rings (SSSR count). The number of rotatable bonds is 0. The lowest BCUT2D eigenvalue weighted by atomic mass is 10.1. The van der Waals surface area contributed by atoms with E-state index in [2.05, 4.69) is 9.97 Å². The third kappa shape index (κ3) is 0.988. The minimum absolute atomic E-state index is 0.702. The summed E-state index contributed by atoms with van der Waals surface area (Å²) in [6, 6.07) is 1.96. The number of aromatic nitrogens is 2. The molecule has 3 heterocycles. The van der Waals surface area contributed by atoms with Gasteiger partial charge in [0, 0.05) is 34.9 Å². The molecule has 1 aliphatic heterocycles. The number of nitrogens with zero attached hydrogens (tertiary/aromatic N) is 2. The van der Waals surface area contributed by atoms with Gasteiger partial charge in [0.15, 0.2) is 0 Å².